The van der Waals surface area contributed by atoms with E-state index in [-0.39, 0.29) is 0 Å². The molecule has 0 radical (unpaired) electrons. The Morgan fingerprint density at radius 3 is 2.78 bits per heavy atom. The maximum atomic E-state index is 6.01. The van der Waals surface area contributed by atoms with E-state index in [2.05, 4.69) is 11.1 Å². The third kappa shape index (κ3) is 2.30. The number of pyridine rings is 1. The molecule has 3 rings (SSSR count). The van der Waals surface area contributed by atoms with Crippen LogP contribution in [0.3, 0.4) is 0 Å². The van der Waals surface area contributed by atoms with E-state index in [9.17, 15) is 0 Å². The number of nitrogens with zero attached hydrogens (tertiary/aromatic N) is 1. The number of alkyl halides is 1. The molecule has 0 saturated heterocycles. The SMILES string of the molecule is ClCc1cc(OC2CCCC2)nc2ccccc12. The molecular formula is C15H16ClNO. The van der Waals surface area contributed by atoms with Crippen LogP contribution < -0.4 is 4.74 Å². The van der Waals surface area contributed by atoms with E-state index in [0.717, 1.165) is 35.2 Å². The quantitative estimate of drug-likeness (QED) is 0.769. The van der Waals surface area contributed by atoms with Crippen LogP contribution in [0.15, 0.2) is 30.3 Å². The minimum absolute atomic E-state index is 0.335. The number of hydrogen-bond donors (Lipinski definition) is 0. The molecule has 94 valence electrons. The summed E-state index contributed by atoms with van der Waals surface area (Å²) in [5.74, 6) is 1.21. The van der Waals surface area contributed by atoms with Gasteiger partial charge in [-0.3, -0.25) is 0 Å². The predicted octanol–water partition coefficient (Wildman–Crippen LogP) is 4.30. The number of para-hydroxylation sites is 1. The van der Waals surface area contributed by atoms with Crippen molar-refractivity contribution >= 4 is 22.5 Å². The number of hydrogen-bond acceptors (Lipinski definition) is 2. The summed E-state index contributed by atoms with van der Waals surface area (Å²) in [6.07, 6.45) is 5.15. The molecule has 1 saturated carbocycles. The van der Waals surface area contributed by atoms with Crippen LogP contribution in [0.25, 0.3) is 10.9 Å². The normalized spacial score (nSPS) is 16.3. The zero-order chi connectivity index (χ0) is 12.4. The highest BCUT2D eigenvalue weighted by molar-refractivity contribution is 6.18. The summed E-state index contributed by atoms with van der Waals surface area (Å²) in [4.78, 5) is 4.57. The van der Waals surface area contributed by atoms with E-state index in [0.29, 0.717) is 12.0 Å². The maximum absolute atomic E-state index is 6.01. The molecule has 2 aromatic rings. The standard InChI is InChI=1S/C15H16ClNO/c16-10-11-9-15(18-12-5-1-2-6-12)17-14-8-4-3-7-13(11)14/h3-4,7-9,12H,1-2,5-6,10H2. The van der Waals surface area contributed by atoms with Crippen molar-refractivity contribution in [3.63, 3.8) is 0 Å². The molecule has 2 nitrogen and oxygen atoms in total. The Kier molecular flexibility index (Phi) is 3.37. The fraction of sp³-hybridized carbons (Fsp3) is 0.400. The highest BCUT2D eigenvalue weighted by Crippen LogP contribution is 2.27. The van der Waals surface area contributed by atoms with Crippen LogP contribution in [0.2, 0.25) is 0 Å². The average molecular weight is 262 g/mol. The first-order valence-electron chi connectivity index (χ1n) is 6.48. The zero-order valence-electron chi connectivity index (χ0n) is 10.2. The largest absolute Gasteiger partial charge is 0.474 e. The molecule has 1 aliphatic carbocycles. The van der Waals surface area contributed by atoms with Crippen molar-refractivity contribution in [2.45, 2.75) is 37.7 Å². The van der Waals surface area contributed by atoms with Crippen molar-refractivity contribution in [1.29, 1.82) is 0 Å². The number of aromatic nitrogens is 1. The molecule has 0 unspecified atom stereocenters. The monoisotopic (exact) mass is 261 g/mol. The van der Waals surface area contributed by atoms with E-state index in [1.54, 1.807) is 0 Å². The summed E-state index contributed by atoms with van der Waals surface area (Å²) >= 11 is 6.01. The van der Waals surface area contributed by atoms with Gasteiger partial charge in [0.2, 0.25) is 5.88 Å². The van der Waals surface area contributed by atoms with Gasteiger partial charge in [0.25, 0.3) is 0 Å². The van der Waals surface area contributed by atoms with Crippen LogP contribution in [0.5, 0.6) is 5.88 Å². The zero-order valence-corrected chi connectivity index (χ0v) is 11.0. The first kappa shape index (κ1) is 11.8. The highest BCUT2D eigenvalue weighted by atomic mass is 35.5. The van der Waals surface area contributed by atoms with Crippen LogP contribution >= 0.6 is 11.6 Å². The molecule has 0 bridgehead atoms. The molecule has 18 heavy (non-hydrogen) atoms. The molecule has 1 aliphatic rings. The second kappa shape index (κ2) is 5.15. The molecule has 1 aromatic heterocycles. The first-order chi connectivity index (χ1) is 8.86. The van der Waals surface area contributed by atoms with Gasteiger partial charge >= 0.3 is 0 Å². The number of halogens is 1. The summed E-state index contributed by atoms with van der Waals surface area (Å²) in [6, 6.07) is 10.0. The van der Waals surface area contributed by atoms with Crippen molar-refractivity contribution in [1.82, 2.24) is 4.98 Å². The van der Waals surface area contributed by atoms with Gasteiger partial charge in [0.05, 0.1) is 5.52 Å². The number of fused-ring (bicyclic) bond motifs is 1. The van der Waals surface area contributed by atoms with Gasteiger partial charge in [0.15, 0.2) is 0 Å². The van der Waals surface area contributed by atoms with E-state index in [1.165, 1.54) is 12.8 Å². The molecule has 1 fully saturated rings. The molecule has 0 spiro atoms. The molecule has 3 heteroatoms. The highest BCUT2D eigenvalue weighted by Gasteiger charge is 2.17. The fourth-order valence-corrected chi connectivity index (χ4v) is 2.79. The number of rotatable bonds is 3. The molecule has 0 amide bonds. The van der Waals surface area contributed by atoms with Gasteiger partial charge in [-0.2, -0.15) is 0 Å². The van der Waals surface area contributed by atoms with Crippen LogP contribution in [-0.2, 0) is 5.88 Å². The summed E-state index contributed by atoms with van der Waals surface area (Å²) in [5, 5.41) is 1.12. The summed E-state index contributed by atoms with van der Waals surface area (Å²) in [6.45, 7) is 0. The second-order valence-electron chi connectivity index (χ2n) is 4.79. The van der Waals surface area contributed by atoms with Crippen LogP contribution in [0.4, 0.5) is 0 Å². The Morgan fingerprint density at radius 1 is 1.22 bits per heavy atom. The molecule has 1 aromatic carbocycles. The third-order valence-corrected chi connectivity index (χ3v) is 3.80. The average Bonchev–Trinajstić information content (AvgIpc) is 2.90. The molecule has 0 N–H and O–H groups in total. The first-order valence-corrected chi connectivity index (χ1v) is 7.01. The van der Waals surface area contributed by atoms with E-state index >= 15 is 0 Å². The Bertz CT molecular complexity index is 549. The molecule has 0 atom stereocenters. The van der Waals surface area contributed by atoms with E-state index in [4.69, 9.17) is 16.3 Å². The number of benzene rings is 1. The summed E-state index contributed by atoms with van der Waals surface area (Å²) in [7, 11) is 0. The van der Waals surface area contributed by atoms with Gasteiger partial charge in [0, 0.05) is 17.3 Å². The fourth-order valence-electron chi connectivity index (χ4n) is 2.57. The van der Waals surface area contributed by atoms with Gasteiger partial charge in [0.1, 0.15) is 6.10 Å². The smallest absolute Gasteiger partial charge is 0.214 e. The minimum Gasteiger partial charge on any atom is -0.474 e. The molecular weight excluding hydrogens is 246 g/mol. The van der Waals surface area contributed by atoms with Crippen LogP contribution in [0.1, 0.15) is 31.2 Å². The van der Waals surface area contributed by atoms with Gasteiger partial charge in [-0.25, -0.2) is 4.98 Å². The van der Waals surface area contributed by atoms with Crippen molar-refractivity contribution in [2.24, 2.45) is 0 Å². The topological polar surface area (TPSA) is 22.1 Å². The minimum atomic E-state index is 0.335. The lowest BCUT2D eigenvalue weighted by molar-refractivity contribution is 0.202. The second-order valence-corrected chi connectivity index (χ2v) is 5.06. The maximum Gasteiger partial charge on any atom is 0.214 e. The van der Waals surface area contributed by atoms with Gasteiger partial charge in [-0.15, -0.1) is 11.6 Å². The Labute approximate surface area is 112 Å². The van der Waals surface area contributed by atoms with Crippen molar-refractivity contribution in [2.75, 3.05) is 0 Å². The Morgan fingerprint density at radius 2 is 2.00 bits per heavy atom. The van der Waals surface area contributed by atoms with E-state index < -0.39 is 0 Å². The molecule has 1 heterocycles. The van der Waals surface area contributed by atoms with Gasteiger partial charge in [-0.05, 0) is 37.3 Å². The summed E-state index contributed by atoms with van der Waals surface area (Å²) < 4.78 is 5.96. The lowest BCUT2D eigenvalue weighted by Gasteiger charge is -2.14. The Balaban J connectivity index is 1.96. The lowest BCUT2D eigenvalue weighted by Crippen LogP contribution is -2.12. The Hall–Kier alpha value is -1.28. The van der Waals surface area contributed by atoms with Crippen molar-refractivity contribution in [3.8, 4) is 5.88 Å². The third-order valence-electron chi connectivity index (χ3n) is 3.51. The van der Waals surface area contributed by atoms with Crippen LogP contribution in [-0.4, -0.2) is 11.1 Å². The van der Waals surface area contributed by atoms with Crippen molar-refractivity contribution < 1.29 is 4.74 Å². The van der Waals surface area contributed by atoms with Gasteiger partial charge < -0.3 is 4.74 Å². The van der Waals surface area contributed by atoms with Crippen LogP contribution in [0, 0.1) is 0 Å². The lowest BCUT2D eigenvalue weighted by atomic mass is 10.1. The number of ether oxygens (including phenoxy) is 1. The van der Waals surface area contributed by atoms with E-state index in [1.807, 2.05) is 24.3 Å². The molecule has 0 aliphatic heterocycles. The van der Waals surface area contributed by atoms with Gasteiger partial charge in [-0.1, -0.05) is 18.2 Å². The van der Waals surface area contributed by atoms with Crippen molar-refractivity contribution in [3.05, 3.63) is 35.9 Å². The summed E-state index contributed by atoms with van der Waals surface area (Å²) in [5.41, 5.74) is 2.05. The predicted molar refractivity (Wildman–Crippen MR) is 74.2 cm³/mol.